The van der Waals surface area contributed by atoms with E-state index in [1.807, 2.05) is 42.6 Å². The first-order chi connectivity index (χ1) is 12.6. The van der Waals surface area contributed by atoms with Crippen LogP contribution in [0.25, 0.3) is 0 Å². The van der Waals surface area contributed by atoms with E-state index in [9.17, 15) is 4.79 Å². The van der Waals surface area contributed by atoms with Crippen LogP contribution in [-0.2, 0) is 4.79 Å². The number of thioether (sulfide) groups is 1. The predicted molar refractivity (Wildman–Crippen MR) is 110 cm³/mol. The van der Waals surface area contributed by atoms with Gasteiger partial charge >= 0.3 is 0 Å². The van der Waals surface area contributed by atoms with Gasteiger partial charge in [-0.1, -0.05) is 30.0 Å². The average molecular weight is 391 g/mol. The van der Waals surface area contributed by atoms with Crippen molar-refractivity contribution in [2.75, 3.05) is 44.3 Å². The van der Waals surface area contributed by atoms with Crippen molar-refractivity contribution >= 4 is 45.0 Å². The molecule has 1 aliphatic rings. The summed E-state index contributed by atoms with van der Waals surface area (Å²) in [7, 11) is 2.21. The van der Waals surface area contributed by atoms with Crippen LogP contribution in [0.4, 0.5) is 10.8 Å². The highest BCUT2D eigenvalue weighted by Crippen LogP contribution is 2.19. The summed E-state index contributed by atoms with van der Waals surface area (Å²) in [5.74, 6) is 0.272. The monoisotopic (exact) mass is 390 g/mol. The molecule has 1 aromatic carbocycles. The molecule has 3 rings (SSSR count). The zero-order valence-electron chi connectivity index (χ0n) is 15.1. The molecule has 1 saturated heterocycles. The number of rotatable bonds is 4. The highest BCUT2D eigenvalue weighted by Gasteiger charge is 2.21. The number of likely N-dealkylation sites (N-methyl/N-ethyl adjacent to an activating group) is 1. The van der Waals surface area contributed by atoms with Crippen molar-refractivity contribution in [2.45, 2.75) is 6.92 Å². The van der Waals surface area contributed by atoms with Gasteiger partial charge in [-0.05, 0) is 19.1 Å². The van der Waals surface area contributed by atoms with Crippen LogP contribution in [0.3, 0.4) is 0 Å². The van der Waals surface area contributed by atoms with Gasteiger partial charge in [-0.2, -0.15) is 0 Å². The molecule has 26 heavy (non-hydrogen) atoms. The summed E-state index contributed by atoms with van der Waals surface area (Å²) < 4.78 is 0. The lowest BCUT2D eigenvalue weighted by Crippen LogP contribution is -3.12. The maximum absolute atomic E-state index is 12.3. The predicted octanol–water partition coefficient (Wildman–Crippen LogP) is 1.64. The van der Waals surface area contributed by atoms with Crippen molar-refractivity contribution in [3.05, 3.63) is 41.4 Å². The van der Waals surface area contributed by atoms with Crippen molar-refractivity contribution in [2.24, 2.45) is 4.99 Å². The maximum Gasteiger partial charge on any atom is 0.236 e. The third kappa shape index (κ3) is 5.55. The van der Waals surface area contributed by atoms with Crippen LogP contribution in [0.2, 0.25) is 0 Å². The van der Waals surface area contributed by atoms with E-state index in [0.717, 1.165) is 42.7 Å². The first kappa shape index (κ1) is 18.9. The van der Waals surface area contributed by atoms with Crippen LogP contribution in [0.5, 0.6) is 0 Å². The van der Waals surface area contributed by atoms with Crippen molar-refractivity contribution in [3.63, 3.8) is 0 Å². The molecule has 6 nitrogen and oxygen atoms in total. The van der Waals surface area contributed by atoms with Gasteiger partial charge in [0.05, 0.1) is 50.4 Å². The molecule has 0 unspecified atom stereocenters. The standard InChI is InChI=1S/C18H23N5OS2/c1-14-12-25-17(19-14)21-16(24)13-26-18(20-15-6-4-3-5-7-15)23-10-8-22(2)9-11-23/h3-7,12H,8-11,13H2,1-2H3,(H,19,21,24)/p+1. The largest absolute Gasteiger partial charge is 0.340 e. The third-order valence-electron chi connectivity index (χ3n) is 4.07. The molecule has 0 spiro atoms. The molecule has 0 aliphatic carbocycles. The van der Waals surface area contributed by atoms with Crippen molar-refractivity contribution < 1.29 is 9.69 Å². The van der Waals surface area contributed by atoms with E-state index in [2.05, 4.69) is 22.2 Å². The van der Waals surface area contributed by atoms with Gasteiger partial charge in [0.1, 0.15) is 0 Å². The van der Waals surface area contributed by atoms with Gasteiger partial charge < -0.3 is 15.1 Å². The summed E-state index contributed by atoms with van der Waals surface area (Å²) in [5.41, 5.74) is 1.83. The average Bonchev–Trinajstić information content (AvgIpc) is 3.05. The lowest BCUT2D eigenvalue weighted by atomic mass is 10.3. The van der Waals surface area contributed by atoms with Crippen molar-refractivity contribution in [1.82, 2.24) is 9.88 Å². The lowest BCUT2D eigenvalue weighted by molar-refractivity contribution is -0.883. The zero-order valence-corrected chi connectivity index (χ0v) is 16.7. The number of aromatic nitrogens is 1. The molecular formula is C18H24N5OS2+. The number of thiazole rings is 1. The normalized spacial score (nSPS) is 15.9. The molecule has 1 amide bonds. The molecule has 8 heteroatoms. The second-order valence-corrected chi connectivity index (χ2v) is 8.11. The zero-order chi connectivity index (χ0) is 18.4. The number of carbonyl (C=O) groups is 1. The Morgan fingerprint density at radius 1 is 1.35 bits per heavy atom. The summed E-state index contributed by atoms with van der Waals surface area (Å²) in [6.45, 7) is 5.99. The van der Waals surface area contributed by atoms with E-state index in [0.29, 0.717) is 10.9 Å². The molecule has 0 atom stereocenters. The SMILES string of the molecule is Cc1csc(NC(=O)CSC(=Nc2ccccc2)N2CC[NH+](C)CC2)n1. The van der Waals surface area contributed by atoms with E-state index < -0.39 is 0 Å². The molecule has 1 aromatic heterocycles. The number of quaternary nitrogens is 1. The molecular weight excluding hydrogens is 366 g/mol. The molecule has 2 heterocycles. The van der Waals surface area contributed by atoms with E-state index in [1.54, 1.807) is 0 Å². The molecule has 138 valence electrons. The number of carbonyl (C=O) groups excluding carboxylic acids is 1. The smallest absolute Gasteiger partial charge is 0.236 e. The highest BCUT2D eigenvalue weighted by molar-refractivity contribution is 8.14. The topological polar surface area (TPSA) is 62.0 Å². The van der Waals surface area contributed by atoms with Gasteiger partial charge in [-0.15, -0.1) is 11.3 Å². The van der Waals surface area contributed by atoms with Gasteiger partial charge in [-0.25, -0.2) is 9.98 Å². The van der Waals surface area contributed by atoms with Crippen LogP contribution >= 0.6 is 23.1 Å². The Labute approximate surface area is 162 Å². The number of hydrogen-bond donors (Lipinski definition) is 2. The minimum absolute atomic E-state index is 0.0511. The molecule has 1 fully saturated rings. The molecule has 0 bridgehead atoms. The van der Waals surface area contributed by atoms with Crippen LogP contribution in [0.1, 0.15) is 5.69 Å². The quantitative estimate of drug-likeness (QED) is 0.615. The first-order valence-corrected chi connectivity index (χ1v) is 10.5. The van der Waals surface area contributed by atoms with E-state index in [1.165, 1.54) is 28.0 Å². The summed E-state index contributed by atoms with van der Waals surface area (Å²) in [6, 6.07) is 9.91. The highest BCUT2D eigenvalue weighted by atomic mass is 32.2. The number of aryl methyl sites for hydroxylation is 1. The fraction of sp³-hybridized carbons (Fsp3) is 0.389. The fourth-order valence-electron chi connectivity index (χ4n) is 2.58. The molecule has 2 N–H and O–H groups in total. The van der Waals surface area contributed by atoms with Gasteiger partial charge in [0, 0.05) is 5.38 Å². The fourth-order valence-corrected chi connectivity index (χ4v) is 4.16. The number of amides is 1. The van der Waals surface area contributed by atoms with E-state index in [4.69, 9.17) is 4.99 Å². The first-order valence-electron chi connectivity index (χ1n) is 8.65. The van der Waals surface area contributed by atoms with Crippen molar-refractivity contribution in [3.8, 4) is 0 Å². The summed E-state index contributed by atoms with van der Waals surface area (Å²) in [5, 5.41) is 6.35. The molecule has 0 radical (unpaired) electrons. The number of amidine groups is 1. The maximum atomic E-state index is 12.3. The second kappa shape index (κ2) is 9.16. The minimum Gasteiger partial charge on any atom is -0.340 e. The number of nitrogens with one attached hydrogen (secondary N) is 2. The van der Waals surface area contributed by atoms with Gasteiger partial charge in [-0.3, -0.25) is 4.79 Å². The molecule has 2 aromatic rings. The number of benzene rings is 1. The van der Waals surface area contributed by atoms with Crippen LogP contribution in [-0.4, -0.2) is 59.9 Å². The summed E-state index contributed by atoms with van der Waals surface area (Å²) in [4.78, 5) is 25.2. The van der Waals surface area contributed by atoms with Gasteiger partial charge in [0.15, 0.2) is 10.3 Å². The van der Waals surface area contributed by atoms with E-state index in [-0.39, 0.29) is 5.91 Å². The summed E-state index contributed by atoms with van der Waals surface area (Å²) >= 11 is 2.94. The Morgan fingerprint density at radius 2 is 2.08 bits per heavy atom. The Morgan fingerprint density at radius 3 is 2.73 bits per heavy atom. The molecule has 1 aliphatic heterocycles. The second-order valence-electron chi connectivity index (χ2n) is 6.30. The number of hydrogen-bond acceptors (Lipinski definition) is 5. The van der Waals surface area contributed by atoms with Crippen LogP contribution in [0.15, 0.2) is 40.7 Å². The number of aliphatic imine (C=N–C) groups is 1. The van der Waals surface area contributed by atoms with Crippen molar-refractivity contribution in [1.29, 1.82) is 0 Å². The Bertz CT molecular complexity index is 754. The minimum atomic E-state index is -0.0511. The van der Waals surface area contributed by atoms with Gasteiger partial charge in [0.2, 0.25) is 5.91 Å². The number of anilines is 1. The Balaban J connectivity index is 1.65. The van der Waals surface area contributed by atoms with E-state index >= 15 is 0 Å². The van der Waals surface area contributed by atoms with Crippen LogP contribution < -0.4 is 10.2 Å². The number of nitrogens with zero attached hydrogens (tertiary/aromatic N) is 3. The lowest BCUT2D eigenvalue weighted by Gasteiger charge is -2.32. The van der Waals surface area contributed by atoms with Gasteiger partial charge in [0.25, 0.3) is 0 Å². The number of para-hydroxylation sites is 1. The van der Waals surface area contributed by atoms with Crippen LogP contribution in [0, 0.1) is 6.92 Å². The number of piperazine rings is 1. The third-order valence-corrected chi connectivity index (χ3v) is 5.96. The summed E-state index contributed by atoms with van der Waals surface area (Å²) in [6.07, 6.45) is 0. The molecule has 0 saturated carbocycles. The Kier molecular flexibility index (Phi) is 6.65. The Hall–Kier alpha value is -1.90.